The average molecular weight is 262 g/mol. The van der Waals surface area contributed by atoms with Crippen LogP contribution in [0, 0.1) is 5.82 Å². The maximum atomic E-state index is 12.8. The van der Waals surface area contributed by atoms with Crippen molar-refractivity contribution >= 4 is 5.97 Å². The first-order valence-electron chi connectivity index (χ1n) is 5.93. The van der Waals surface area contributed by atoms with Crippen molar-refractivity contribution in [3.63, 3.8) is 0 Å². The van der Waals surface area contributed by atoms with Crippen LogP contribution in [0.2, 0.25) is 0 Å². The van der Waals surface area contributed by atoms with Gasteiger partial charge in [0.2, 0.25) is 0 Å². The van der Waals surface area contributed by atoms with E-state index < -0.39 is 12.0 Å². The van der Waals surface area contributed by atoms with Gasteiger partial charge in [0, 0.05) is 24.9 Å². The molecule has 0 aliphatic rings. The smallest absolute Gasteiger partial charge is 0.320 e. The predicted octanol–water partition coefficient (Wildman–Crippen LogP) is 1.63. The second-order valence-electron chi connectivity index (χ2n) is 4.40. The first-order valence-corrected chi connectivity index (χ1v) is 5.93. The summed E-state index contributed by atoms with van der Waals surface area (Å²) >= 11 is 0. The van der Waals surface area contributed by atoms with Gasteiger partial charge in [-0.05, 0) is 29.8 Å². The second kappa shape index (κ2) is 5.67. The van der Waals surface area contributed by atoms with Crippen molar-refractivity contribution in [1.82, 2.24) is 4.57 Å². The van der Waals surface area contributed by atoms with Crippen molar-refractivity contribution in [1.29, 1.82) is 0 Å². The summed E-state index contributed by atoms with van der Waals surface area (Å²) in [5.41, 5.74) is 7.32. The van der Waals surface area contributed by atoms with Crippen LogP contribution in [-0.2, 0) is 17.8 Å². The molecule has 0 fully saturated rings. The van der Waals surface area contributed by atoms with Gasteiger partial charge in [0.1, 0.15) is 11.9 Å². The number of benzene rings is 1. The summed E-state index contributed by atoms with van der Waals surface area (Å²) in [5, 5.41) is 8.82. The third-order valence-electron chi connectivity index (χ3n) is 2.94. The Labute approximate surface area is 110 Å². The van der Waals surface area contributed by atoms with E-state index in [9.17, 15) is 9.18 Å². The van der Waals surface area contributed by atoms with E-state index in [-0.39, 0.29) is 12.2 Å². The standard InChI is InChI=1S/C14H15FN2O2/c15-11-5-3-10(4-6-11)9-17-7-1-2-12(17)8-13(16)14(18)19/h1-7,13H,8-9,16H2,(H,18,19). The molecular weight excluding hydrogens is 247 g/mol. The van der Waals surface area contributed by atoms with Gasteiger partial charge in [0.25, 0.3) is 0 Å². The first-order chi connectivity index (χ1) is 9.06. The zero-order valence-electron chi connectivity index (χ0n) is 10.3. The van der Waals surface area contributed by atoms with Crippen molar-refractivity contribution < 1.29 is 14.3 Å². The molecule has 0 radical (unpaired) electrons. The Balaban J connectivity index is 2.11. The van der Waals surface area contributed by atoms with Crippen LogP contribution >= 0.6 is 0 Å². The predicted molar refractivity (Wildman–Crippen MR) is 69.2 cm³/mol. The van der Waals surface area contributed by atoms with Crippen LogP contribution in [0.1, 0.15) is 11.3 Å². The molecule has 100 valence electrons. The number of carboxylic acids is 1. The summed E-state index contributed by atoms with van der Waals surface area (Å²) < 4.78 is 14.7. The lowest BCUT2D eigenvalue weighted by Crippen LogP contribution is -2.33. The fraction of sp³-hybridized carbons (Fsp3) is 0.214. The van der Waals surface area contributed by atoms with Crippen molar-refractivity contribution in [3.05, 3.63) is 59.7 Å². The normalized spacial score (nSPS) is 12.3. The first kappa shape index (κ1) is 13.3. The van der Waals surface area contributed by atoms with Gasteiger partial charge in [-0.1, -0.05) is 12.1 Å². The minimum atomic E-state index is -1.02. The monoisotopic (exact) mass is 262 g/mol. The molecule has 0 spiro atoms. The molecule has 1 atom stereocenters. The van der Waals surface area contributed by atoms with Gasteiger partial charge in [0.15, 0.2) is 0 Å². The molecule has 19 heavy (non-hydrogen) atoms. The summed E-state index contributed by atoms with van der Waals surface area (Å²) in [7, 11) is 0. The fourth-order valence-electron chi connectivity index (χ4n) is 1.89. The Morgan fingerprint density at radius 3 is 2.63 bits per heavy atom. The molecule has 0 aliphatic heterocycles. The van der Waals surface area contributed by atoms with E-state index in [1.807, 2.05) is 22.9 Å². The average Bonchev–Trinajstić information content (AvgIpc) is 2.79. The Bertz CT molecular complexity index is 563. The van der Waals surface area contributed by atoms with Gasteiger partial charge in [-0.15, -0.1) is 0 Å². The van der Waals surface area contributed by atoms with Crippen LogP contribution in [0.4, 0.5) is 4.39 Å². The quantitative estimate of drug-likeness (QED) is 0.860. The molecule has 3 N–H and O–H groups in total. The van der Waals surface area contributed by atoms with Crippen LogP contribution in [0.5, 0.6) is 0 Å². The Morgan fingerprint density at radius 1 is 1.32 bits per heavy atom. The summed E-state index contributed by atoms with van der Waals surface area (Å²) in [4.78, 5) is 10.8. The van der Waals surface area contributed by atoms with Crippen LogP contribution in [0.15, 0.2) is 42.6 Å². The molecule has 5 heteroatoms. The highest BCUT2D eigenvalue weighted by Gasteiger charge is 2.14. The van der Waals surface area contributed by atoms with Crippen molar-refractivity contribution in [3.8, 4) is 0 Å². The fourth-order valence-corrected chi connectivity index (χ4v) is 1.89. The van der Waals surface area contributed by atoms with Crippen LogP contribution in [0.25, 0.3) is 0 Å². The summed E-state index contributed by atoms with van der Waals surface area (Å²) in [6.07, 6.45) is 2.12. The molecule has 4 nitrogen and oxygen atoms in total. The molecule has 1 aromatic carbocycles. The van der Waals surface area contributed by atoms with E-state index in [0.29, 0.717) is 6.54 Å². The van der Waals surface area contributed by atoms with Crippen LogP contribution < -0.4 is 5.73 Å². The Morgan fingerprint density at radius 2 is 2.00 bits per heavy atom. The number of carboxylic acid groups (broad SMARTS) is 1. The molecule has 0 bridgehead atoms. The number of nitrogens with two attached hydrogens (primary N) is 1. The number of aromatic nitrogens is 1. The van der Waals surface area contributed by atoms with Gasteiger partial charge in [-0.25, -0.2) is 4.39 Å². The maximum absolute atomic E-state index is 12.8. The lowest BCUT2D eigenvalue weighted by atomic mass is 10.1. The molecule has 2 aromatic rings. The van der Waals surface area contributed by atoms with Crippen LogP contribution in [0.3, 0.4) is 0 Å². The van der Waals surface area contributed by atoms with Crippen molar-refractivity contribution in [2.24, 2.45) is 5.73 Å². The number of rotatable bonds is 5. The lowest BCUT2D eigenvalue weighted by Gasteiger charge is -2.11. The van der Waals surface area contributed by atoms with Gasteiger partial charge in [-0.3, -0.25) is 4.79 Å². The molecule has 1 heterocycles. The Hall–Kier alpha value is -2.14. The molecule has 1 unspecified atom stereocenters. The maximum Gasteiger partial charge on any atom is 0.320 e. The number of hydrogen-bond donors (Lipinski definition) is 2. The highest BCUT2D eigenvalue weighted by Crippen LogP contribution is 2.10. The number of halogens is 1. The second-order valence-corrected chi connectivity index (χ2v) is 4.40. The third-order valence-corrected chi connectivity index (χ3v) is 2.94. The molecule has 0 amide bonds. The molecule has 0 saturated carbocycles. The van der Waals surface area contributed by atoms with Crippen LogP contribution in [-0.4, -0.2) is 21.7 Å². The number of carbonyl (C=O) groups is 1. The molecular formula is C14H15FN2O2. The number of aliphatic carboxylic acids is 1. The molecule has 1 aromatic heterocycles. The SMILES string of the molecule is NC(Cc1cccn1Cc1ccc(F)cc1)C(=O)O. The third kappa shape index (κ3) is 3.42. The van der Waals surface area contributed by atoms with E-state index in [0.717, 1.165) is 11.3 Å². The minimum Gasteiger partial charge on any atom is -0.480 e. The molecule has 0 saturated heterocycles. The summed E-state index contributed by atoms with van der Waals surface area (Å²) in [6, 6.07) is 8.98. The van der Waals surface area contributed by atoms with E-state index in [4.69, 9.17) is 10.8 Å². The van der Waals surface area contributed by atoms with Crippen molar-refractivity contribution in [2.45, 2.75) is 19.0 Å². The van der Waals surface area contributed by atoms with Gasteiger partial charge in [0.05, 0.1) is 0 Å². The topological polar surface area (TPSA) is 68.2 Å². The largest absolute Gasteiger partial charge is 0.480 e. The van der Waals surface area contributed by atoms with Gasteiger partial charge >= 0.3 is 5.97 Å². The summed E-state index contributed by atoms with van der Waals surface area (Å²) in [5.74, 6) is -1.29. The van der Waals surface area contributed by atoms with E-state index in [1.165, 1.54) is 12.1 Å². The number of nitrogens with zero attached hydrogens (tertiary/aromatic N) is 1. The van der Waals surface area contributed by atoms with E-state index in [1.54, 1.807) is 12.1 Å². The zero-order chi connectivity index (χ0) is 13.8. The highest BCUT2D eigenvalue weighted by atomic mass is 19.1. The molecule has 2 rings (SSSR count). The Kier molecular flexibility index (Phi) is 3.97. The van der Waals surface area contributed by atoms with E-state index in [2.05, 4.69) is 0 Å². The van der Waals surface area contributed by atoms with Gasteiger partial charge < -0.3 is 15.4 Å². The number of hydrogen-bond acceptors (Lipinski definition) is 2. The lowest BCUT2D eigenvalue weighted by molar-refractivity contribution is -0.138. The minimum absolute atomic E-state index is 0.267. The van der Waals surface area contributed by atoms with E-state index >= 15 is 0 Å². The van der Waals surface area contributed by atoms with Gasteiger partial charge in [-0.2, -0.15) is 0 Å². The molecule has 0 aliphatic carbocycles. The van der Waals surface area contributed by atoms with Crippen molar-refractivity contribution in [2.75, 3.05) is 0 Å². The zero-order valence-corrected chi connectivity index (χ0v) is 10.3. The highest BCUT2D eigenvalue weighted by molar-refractivity contribution is 5.73. The summed E-state index contributed by atoms with van der Waals surface area (Å²) in [6.45, 7) is 0.564.